The van der Waals surface area contributed by atoms with Gasteiger partial charge < -0.3 is 5.32 Å². The van der Waals surface area contributed by atoms with Gasteiger partial charge in [-0.1, -0.05) is 32.5 Å². The molecular weight excluding hydrogens is 272 g/mol. The van der Waals surface area contributed by atoms with Crippen molar-refractivity contribution < 1.29 is 0 Å². The first-order valence-electron chi connectivity index (χ1n) is 6.86. The number of hydrogen-bond donors (Lipinski definition) is 1. The number of amidine groups is 1. The molecule has 0 bridgehead atoms. The number of aryl methyl sites for hydroxylation is 2. The monoisotopic (exact) mass is 296 g/mol. The quantitative estimate of drug-likeness (QED) is 0.877. The van der Waals surface area contributed by atoms with Crippen LogP contribution in [0.15, 0.2) is 11.1 Å². The third-order valence-electron chi connectivity index (χ3n) is 3.58. The molecule has 0 aromatic carbocycles. The SMILES string of the molecule is Cc1cc(CN=C2NC(C(C)(C)C)CCS2)sc1C. The fraction of sp³-hybridized carbons (Fsp3) is 0.667. The number of rotatable bonds is 2. The van der Waals surface area contributed by atoms with Gasteiger partial charge in [0, 0.05) is 21.5 Å². The average molecular weight is 297 g/mol. The summed E-state index contributed by atoms with van der Waals surface area (Å²) in [6.07, 6.45) is 1.23. The highest BCUT2D eigenvalue weighted by Crippen LogP contribution is 2.28. The molecule has 4 heteroatoms. The summed E-state index contributed by atoms with van der Waals surface area (Å²) in [6.45, 7) is 12.1. The lowest BCUT2D eigenvalue weighted by molar-refractivity contribution is 0.290. The fourth-order valence-electron chi connectivity index (χ4n) is 2.15. The summed E-state index contributed by atoms with van der Waals surface area (Å²) in [7, 11) is 0. The van der Waals surface area contributed by atoms with Crippen LogP contribution < -0.4 is 5.32 Å². The van der Waals surface area contributed by atoms with Gasteiger partial charge in [-0.15, -0.1) is 11.3 Å². The van der Waals surface area contributed by atoms with E-state index in [0.717, 1.165) is 11.7 Å². The summed E-state index contributed by atoms with van der Waals surface area (Å²) < 4.78 is 0. The van der Waals surface area contributed by atoms with Crippen LogP contribution in [-0.2, 0) is 6.54 Å². The number of thiophene rings is 1. The molecule has 0 saturated carbocycles. The first-order chi connectivity index (χ1) is 8.86. The molecule has 1 aromatic rings. The van der Waals surface area contributed by atoms with Crippen molar-refractivity contribution in [2.75, 3.05) is 5.75 Å². The van der Waals surface area contributed by atoms with Gasteiger partial charge in [-0.2, -0.15) is 0 Å². The van der Waals surface area contributed by atoms with Crippen LogP contribution in [0.4, 0.5) is 0 Å². The van der Waals surface area contributed by atoms with E-state index in [2.05, 4.69) is 46.0 Å². The van der Waals surface area contributed by atoms with Crippen LogP contribution in [0.5, 0.6) is 0 Å². The van der Waals surface area contributed by atoms with Crippen molar-refractivity contribution in [1.29, 1.82) is 0 Å². The molecule has 19 heavy (non-hydrogen) atoms. The van der Waals surface area contributed by atoms with Gasteiger partial charge in [-0.3, -0.25) is 4.99 Å². The molecule has 0 aliphatic carbocycles. The topological polar surface area (TPSA) is 24.4 Å². The van der Waals surface area contributed by atoms with Crippen molar-refractivity contribution in [3.05, 3.63) is 21.4 Å². The molecule has 2 nitrogen and oxygen atoms in total. The molecule has 0 spiro atoms. The maximum Gasteiger partial charge on any atom is 0.157 e. The van der Waals surface area contributed by atoms with Gasteiger partial charge in [0.15, 0.2) is 5.17 Å². The molecule has 1 aliphatic rings. The Balaban J connectivity index is 1.99. The normalized spacial score (nSPS) is 22.6. The standard InChI is InChI=1S/C15H24N2S2/c1-10-8-12(19-11(10)2)9-16-14-17-13(6-7-18-14)15(3,4)5/h8,13H,6-7,9H2,1-5H3,(H,16,17). The molecule has 2 rings (SSSR count). The smallest absolute Gasteiger partial charge is 0.157 e. The molecule has 106 valence electrons. The predicted molar refractivity (Wildman–Crippen MR) is 88.4 cm³/mol. The second-order valence-corrected chi connectivity index (χ2v) is 8.70. The zero-order valence-electron chi connectivity index (χ0n) is 12.5. The fourth-order valence-corrected chi connectivity index (χ4v) is 4.06. The van der Waals surface area contributed by atoms with E-state index in [1.807, 2.05) is 23.1 Å². The van der Waals surface area contributed by atoms with Gasteiger partial charge in [-0.05, 0) is 37.3 Å². The van der Waals surface area contributed by atoms with Crippen molar-refractivity contribution >= 4 is 28.3 Å². The lowest BCUT2D eigenvalue weighted by Crippen LogP contribution is -2.46. The summed E-state index contributed by atoms with van der Waals surface area (Å²) in [4.78, 5) is 7.52. The summed E-state index contributed by atoms with van der Waals surface area (Å²) in [6, 6.07) is 2.80. The lowest BCUT2D eigenvalue weighted by Gasteiger charge is -2.35. The Labute approximate surface area is 125 Å². The Morgan fingerprint density at radius 2 is 2.11 bits per heavy atom. The van der Waals surface area contributed by atoms with E-state index in [1.54, 1.807) is 0 Å². The molecule has 1 fully saturated rings. The molecule has 0 amide bonds. The lowest BCUT2D eigenvalue weighted by atomic mass is 9.85. The highest BCUT2D eigenvalue weighted by Gasteiger charge is 2.28. The molecule has 1 atom stereocenters. The van der Waals surface area contributed by atoms with Gasteiger partial charge in [0.2, 0.25) is 0 Å². The van der Waals surface area contributed by atoms with Crippen LogP contribution in [0.3, 0.4) is 0 Å². The Hall–Kier alpha value is -0.480. The zero-order chi connectivity index (χ0) is 14.0. The van der Waals surface area contributed by atoms with E-state index >= 15 is 0 Å². The van der Waals surface area contributed by atoms with Crippen LogP contribution in [0.2, 0.25) is 0 Å². The van der Waals surface area contributed by atoms with Gasteiger partial charge in [0.05, 0.1) is 6.54 Å². The summed E-state index contributed by atoms with van der Waals surface area (Å²) >= 11 is 3.72. The zero-order valence-corrected chi connectivity index (χ0v) is 14.2. The van der Waals surface area contributed by atoms with Crippen LogP contribution in [-0.4, -0.2) is 17.0 Å². The second-order valence-electron chi connectivity index (χ2n) is 6.27. The first-order valence-corrected chi connectivity index (χ1v) is 8.66. The van der Waals surface area contributed by atoms with E-state index in [-0.39, 0.29) is 0 Å². The first kappa shape index (κ1) is 14.9. The minimum absolute atomic E-state index is 0.303. The van der Waals surface area contributed by atoms with E-state index in [4.69, 9.17) is 4.99 Å². The minimum Gasteiger partial charge on any atom is -0.362 e. The molecule has 2 heterocycles. The van der Waals surface area contributed by atoms with Crippen LogP contribution in [0.25, 0.3) is 0 Å². The van der Waals surface area contributed by atoms with Crippen LogP contribution in [0, 0.1) is 19.3 Å². The third-order valence-corrected chi connectivity index (χ3v) is 5.68. The maximum atomic E-state index is 4.75. The molecule has 1 saturated heterocycles. The third kappa shape index (κ3) is 3.99. The minimum atomic E-state index is 0.303. The maximum absolute atomic E-state index is 4.75. The number of hydrogen-bond acceptors (Lipinski definition) is 3. The highest BCUT2D eigenvalue weighted by molar-refractivity contribution is 8.13. The van der Waals surface area contributed by atoms with E-state index in [1.165, 1.54) is 27.5 Å². The van der Waals surface area contributed by atoms with Gasteiger partial charge >= 0.3 is 0 Å². The molecule has 0 radical (unpaired) electrons. The van der Waals surface area contributed by atoms with E-state index < -0.39 is 0 Å². The molecule has 1 N–H and O–H groups in total. The van der Waals surface area contributed by atoms with Crippen molar-refractivity contribution in [1.82, 2.24) is 5.32 Å². The number of thioether (sulfide) groups is 1. The number of nitrogens with zero attached hydrogens (tertiary/aromatic N) is 1. The summed E-state index contributed by atoms with van der Waals surface area (Å²) in [5.74, 6) is 1.18. The predicted octanol–water partition coefficient (Wildman–Crippen LogP) is 4.36. The van der Waals surface area contributed by atoms with Crippen molar-refractivity contribution in [2.24, 2.45) is 10.4 Å². The van der Waals surface area contributed by atoms with Gasteiger partial charge in [0.25, 0.3) is 0 Å². The average Bonchev–Trinajstić information content (AvgIpc) is 2.66. The van der Waals surface area contributed by atoms with E-state index in [9.17, 15) is 0 Å². The summed E-state index contributed by atoms with van der Waals surface area (Å²) in [5.41, 5.74) is 1.69. The largest absolute Gasteiger partial charge is 0.362 e. The van der Waals surface area contributed by atoms with Crippen molar-refractivity contribution in [3.8, 4) is 0 Å². The van der Waals surface area contributed by atoms with E-state index in [0.29, 0.717) is 11.5 Å². The van der Waals surface area contributed by atoms with Crippen molar-refractivity contribution in [3.63, 3.8) is 0 Å². The Bertz CT molecular complexity index is 449. The number of aliphatic imine (C=N–C) groups is 1. The second kappa shape index (κ2) is 5.88. The van der Waals surface area contributed by atoms with Crippen molar-refractivity contribution in [2.45, 2.75) is 53.6 Å². The highest BCUT2D eigenvalue weighted by atomic mass is 32.2. The molecule has 1 unspecified atom stereocenters. The Kier molecular flexibility index (Phi) is 4.62. The summed E-state index contributed by atoms with van der Waals surface area (Å²) in [5, 5.41) is 4.72. The number of nitrogens with one attached hydrogen (secondary N) is 1. The Morgan fingerprint density at radius 1 is 1.37 bits per heavy atom. The molecule has 1 aromatic heterocycles. The molecular formula is C15H24N2S2. The van der Waals surface area contributed by atoms with Crippen LogP contribution >= 0.6 is 23.1 Å². The van der Waals surface area contributed by atoms with Gasteiger partial charge in [-0.25, -0.2) is 0 Å². The van der Waals surface area contributed by atoms with Gasteiger partial charge in [0.1, 0.15) is 0 Å². The molecule has 1 aliphatic heterocycles. The van der Waals surface area contributed by atoms with Crippen LogP contribution in [0.1, 0.15) is 42.5 Å². The Morgan fingerprint density at radius 3 is 2.68 bits per heavy atom.